The van der Waals surface area contributed by atoms with Crippen molar-refractivity contribution < 1.29 is 4.79 Å². The lowest BCUT2D eigenvalue weighted by atomic mass is 10.3. The topological polar surface area (TPSA) is 54.3 Å². The average molecular weight is 388 g/mol. The molecule has 26 heavy (non-hydrogen) atoms. The fraction of sp³-hybridized carbons (Fsp3) is 0.389. The maximum Gasteiger partial charge on any atom is 0.273 e. The zero-order valence-electron chi connectivity index (χ0n) is 14.7. The summed E-state index contributed by atoms with van der Waals surface area (Å²) in [5.41, 5.74) is 1.50. The van der Waals surface area contributed by atoms with E-state index in [2.05, 4.69) is 32.5 Å². The second kappa shape index (κ2) is 7.69. The fourth-order valence-electron chi connectivity index (χ4n) is 3.15. The lowest BCUT2D eigenvalue weighted by Gasteiger charge is -2.21. The third-order valence-electron chi connectivity index (χ3n) is 4.51. The maximum absolute atomic E-state index is 12.9. The van der Waals surface area contributed by atoms with E-state index in [-0.39, 0.29) is 5.91 Å². The molecule has 0 radical (unpaired) electrons. The SMILES string of the molecule is Cn1cc(-c2nc(C(=O)N3CCCN(Cc4cccs4)CC3)cs2)cn1. The highest BCUT2D eigenvalue weighted by molar-refractivity contribution is 7.13. The lowest BCUT2D eigenvalue weighted by Crippen LogP contribution is -2.35. The first-order valence-electron chi connectivity index (χ1n) is 8.67. The molecular weight excluding hydrogens is 366 g/mol. The van der Waals surface area contributed by atoms with E-state index < -0.39 is 0 Å². The van der Waals surface area contributed by atoms with Crippen molar-refractivity contribution in [1.29, 1.82) is 0 Å². The number of aromatic nitrogens is 3. The summed E-state index contributed by atoms with van der Waals surface area (Å²) in [5, 5.41) is 8.99. The van der Waals surface area contributed by atoms with Gasteiger partial charge in [0.05, 0.1) is 6.20 Å². The van der Waals surface area contributed by atoms with Crippen LogP contribution in [-0.2, 0) is 13.6 Å². The van der Waals surface area contributed by atoms with E-state index >= 15 is 0 Å². The van der Waals surface area contributed by atoms with Crippen molar-refractivity contribution in [2.45, 2.75) is 13.0 Å². The van der Waals surface area contributed by atoms with Crippen LogP contribution in [0.25, 0.3) is 10.6 Å². The summed E-state index contributed by atoms with van der Waals surface area (Å²) < 4.78 is 1.75. The van der Waals surface area contributed by atoms with Crippen molar-refractivity contribution in [2.75, 3.05) is 26.2 Å². The van der Waals surface area contributed by atoms with Gasteiger partial charge >= 0.3 is 0 Å². The van der Waals surface area contributed by atoms with Crippen LogP contribution in [0.1, 0.15) is 21.8 Å². The second-order valence-corrected chi connectivity index (χ2v) is 8.33. The Morgan fingerprint density at radius 2 is 2.15 bits per heavy atom. The number of amides is 1. The van der Waals surface area contributed by atoms with Gasteiger partial charge in [0.25, 0.3) is 5.91 Å². The molecule has 8 heteroatoms. The molecule has 6 nitrogen and oxygen atoms in total. The van der Waals surface area contributed by atoms with Crippen molar-refractivity contribution in [3.8, 4) is 10.6 Å². The number of carbonyl (C=O) groups excluding carboxylic acids is 1. The zero-order valence-corrected chi connectivity index (χ0v) is 16.3. The molecule has 1 aliphatic rings. The van der Waals surface area contributed by atoms with E-state index in [4.69, 9.17) is 0 Å². The first-order valence-corrected chi connectivity index (χ1v) is 10.4. The number of aryl methyl sites for hydroxylation is 1. The molecule has 1 amide bonds. The van der Waals surface area contributed by atoms with Gasteiger partial charge in [0.2, 0.25) is 0 Å². The van der Waals surface area contributed by atoms with Crippen molar-refractivity contribution in [1.82, 2.24) is 24.6 Å². The van der Waals surface area contributed by atoms with Crippen LogP contribution in [0.4, 0.5) is 0 Å². The normalized spacial score (nSPS) is 16.0. The van der Waals surface area contributed by atoms with Crippen molar-refractivity contribution >= 4 is 28.6 Å². The van der Waals surface area contributed by atoms with Crippen LogP contribution in [0.5, 0.6) is 0 Å². The molecular formula is C18H21N5OS2. The summed E-state index contributed by atoms with van der Waals surface area (Å²) in [5.74, 6) is 0.0364. The summed E-state index contributed by atoms with van der Waals surface area (Å²) >= 11 is 3.29. The maximum atomic E-state index is 12.9. The molecule has 0 unspecified atom stereocenters. The van der Waals surface area contributed by atoms with Gasteiger partial charge in [-0.2, -0.15) is 5.10 Å². The molecule has 136 valence electrons. The van der Waals surface area contributed by atoms with Crippen molar-refractivity contribution in [3.05, 3.63) is 45.9 Å². The molecule has 1 saturated heterocycles. The number of hydrogen-bond acceptors (Lipinski definition) is 6. The zero-order chi connectivity index (χ0) is 17.9. The van der Waals surface area contributed by atoms with Crippen LogP contribution < -0.4 is 0 Å². The van der Waals surface area contributed by atoms with Crippen LogP contribution >= 0.6 is 22.7 Å². The first kappa shape index (κ1) is 17.4. The Labute approximate surface area is 160 Å². The third-order valence-corrected chi connectivity index (χ3v) is 6.26. The summed E-state index contributed by atoms with van der Waals surface area (Å²) in [4.78, 5) is 23.2. The third kappa shape index (κ3) is 3.87. The van der Waals surface area contributed by atoms with Crippen LogP contribution in [0.15, 0.2) is 35.3 Å². The number of hydrogen-bond donors (Lipinski definition) is 0. The smallest absolute Gasteiger partial charge is 0.273 e. The fourth-order valence-corrected chi connectivity index (χ4v) is 4.67. The predicted octanol–water partition coefficient (Wildman–Crippen LogP) is 2.95. The molecule has 0 aliphatic carbocycles. The van der Waals surface area contributed by atoms with Gasteiger partial charge in [0.1, 0.15) is 10.7 Å². The molecule has 1 aliphatic heterocycles. The highest BCUT2D eigenvalue weighted by Gasteiger charge is 2.22. The molecule has 0 atom stereocenters. The molecule has 4 heterocycles. The molecule has 3 aromatic heterocycles. The summed E-state index contributed by atoms with van der Waals surface area (Å²) in [7, 11) is 1.88. The van der Waals surface area contributed by atoms with Crippen LogP contribution in [-0.4, -0.2) is 56.7 Å². The van der Waals surface area contributed by atoms with E-state index in [9.17, 15) is 4.79 Å². The monoisotopic (exact) mass is 387 g/mol. The molecule has 4 rings (SSSR count). The number of thiazole rings is 1. The van der Waals surface area contributed by atoms with Gasteiger partial charge in [-0.25, -0.2) is 4.98 Å². The summed E-state index contributed by atoms with van der Waals surface area (Å²) in [6, 6.07) is 4.27. The van der Waals surface area contributed by atoms with Crippen LogP contribution in [0.3, 0.4) is 0 Å². The minimum atomic E-state index is 0.0364. The number of rotatable bonds is 4. The average Bonchev–Trinajstić information content (AvgIpc) is 3.35. The number of carbonyl (C=O) groups is 1. The lowest BCUT2D eigenvalue weighted by molar-refractivity contribution is 0.0756. The Hall–Kier alpha value is -2.03. The van der Waals surface area contributed by atoms with Crippen LogP contribution in [0.2, 0.25) is 0 Å². The molecule has 0 spiro atoms. The Balaban J connectivity index is 1.39. The van der Waals surface area contributed by atoms with E-state index in [0.29, 0.717) is 5.69 Å². The standard InChI is InChI=1S/C18H21N5OS2/c1-21-11-14(10-19-21)17-20-16(13-26-17)18(24)23-6-3-5-22(7-8-23)12-15-4-2-9-25-15/h2,4,9-11,13H,3,5-8,12H2,1H3. The number of nitrogens with zero attached hydrogens (tertiary/aromatic N) is 5. The van der Waals surface area contributed by atoms with Gasteiger partial charge in [-0.3, -0.25) is 14.4 Å². The molecule has 3 aromatic rings. The highest BCUT2D eigenvalue weighted by Crippen LogP contribution is 2.24. The van der Waals surface area contributed by atoms with E-state index in [1.54, 1.807) is 22.2 Å². The highest BCUT2D eigenvalue weighted by atomic mass is 32.1. The largest absolute Gasteiger partial charge is 0.336 e. The Morgan fingerprint density at radius 1 is 1.23 bits per heavy atom. The van der Waals surface area contributed by atoms with Crippen molar-refractivity contribution in [2.24, 2.45) is 7.05 Å². The first-order chi connectivity index (χ1) is 12.7. The second-order valence-electron chi connectivity index (χ2n) is 6.44. The van der Waals surface area contributed by atoms with Gasteiger partial charge < -0.3 is 4.90 Å². The van der Waals surface area contributed by atoms with E-state index in [1.165, 1.54) is 16.2 Å². The van der Waals surface area contributed by atoms with Gasteiger partial charge in [-0.05, 0) is 17.9 Å². The van der Waals surface area contributed by atoms with Gasteiger partial charge in [0.15, 0.2) is 0 Å². The molecule has 0 N–H and O–H groups in total. The van der Waals surface area contributed by atoms with E-state index in [1.807, 2.05) is 23.5 Å². The van der Waals surface area contributed by atoms with Crippen molar-refractivity contribution in [3.63, 3.8) is 0 Å². The van der Waals surface area contributed by atoms with E-state index in [0.717, 1.165) is 49.7 Å². The van der Waals surface area contributed by atoms with Gasteiger partial charge in [-0.1, -0.05) is 6.07 Å². The van der Waals surface area contributed by atoms with Gasteiger partial charge in [-0.15, -0.1) is 22.7 Å². The minimum Gasteiger partial charge on any atom is -0.336 e. The number of thiophene rings is 1. The quantitative estimate of drug-likeness (QED) is 0.691. The van der Waals surface area contributed by atoms with Gasteiger partial charge in [0, 0.05) is 61.8 Å². The molecule has 0 saturated carbocycles. The minimum absolute atomic E-state index is 0.0364. The summed E-state index contributed by atoms with van der Waals surface area (Å²) in [6.45, 7) is 4.45. The Kier molecular flexibility index (Phi) is 5.14. The molecule has 1 fully saturated rings. The Bertz CT molecular complexity index is 870. The predicted molar refractivity (Wildman–Crippen MR) is 104 cm³/mol. The summed E-state index contributed by atoms with van der Waals surface area (Å²) in [6.07, 6.45) is 4.69. The van der Waals surface area contributed by atoms with Crippen LogP contribution in [0, 0.1) is 0 Å². The molecule has 0 aromatic carbocycles. The molecule has 0 bridgehead atoms. The Morgan fingerprint density at radius 3 is 2.92 bits per heavy atom.